The number of nitrogens with zero attached hydrogens (tertiary/aromatic N) is 5. The average Bonchev–Trinajstić information content (AvgIpc) is 3.26. The van der Waals surface area contributed by atoms with Crippen LogP contribution in [-0.2, 0) is 10.2 Å². The molecule has 0 radical (unpaired) electrons. The molecule has 9 heteroatoms. The molecule has 1 aromatic heterocycles. The monoisotopic (exact) mass is 417 g/mol. The highest BCUT2D eigenvalue weighted by Gasteiger charge is 2.33. The van der Waals surface area contributed by atoms with Crippen LogP contribution < -0.4 is 9.64 Å². The van der Waals surface area contributed by atoms with Crippen molar-refractivity contribution >= 4 is 26.8 Å². The quantitative estimate of drug-likeness (QED) is 0.741. The first-order valence-corrected chi connectivity index (χ1v) is 11.9. The van der Waals surface area contributed by atoms with Gasteiger partial charge in [-0.05, 0) is 50.3 Å². The van der Waals surface area contributed by atoms with Gasteiger partial charge in [-0.25, -0.2) is 9.97 Å². The zero-order chi connectivity index (χ0) is 19.8. The van der Waals surface area contributed by atoms with Crippen molar-refractivity contribution in [3.8, 4) is 5.88 Å². The summed E-state index contributed by atoms with van der Waals surface area (Å²) in [5.74, 6) is 0.650. The van der Waals surface area contributed by atoms with E-state index in [2.05, 4.69) is 20.9 Å². The van der Waals surface area contributed by atoms with Crippen LogP contribution in [0.25, 0.3) is 10.9 Å². The SMILES string of the molecule is O=S(=O)(N1CCCC1)N1CCN(c2ccc3ncnc(OC4CCC4)c3c2)CC1. The summed E-state index contributed by atoms with van der Waals surface area (Å²) in [6.07, 6.45) is 7.11. The molecule has 0 unspecified atom stereocenters. The van der Waals surface area contributed by atoms with Crippen molar-refractivity contribution in [1.29, 1.82) is 0 Å². The topological polar surface area (TPSA) is 78.9 Å². The highest BCUT2D eigenvalue weighted by molar-refractivity contribution is 7.86. The summed E-state index contributed by atoms with van der Waals surface area (Å²) in [6.45, 7) is 3.66. The van der Waals surface area contributed by atoms with Crippen LogP contribution >= 0.6 is 0 Å². The van der Waals surface area contributed by atoms with Crippen molar-refractivity contribution < 1.29 is 13.2 Å². The number of hydrogen-bond donors (Lipinski definition) is 0. The van der Waals surface area contributed by atoms with E-state index in [1.807, 2.05) is 12.1 Å². The molecule has 8 nitrogen and oxygen atoms in total. The molecule has 29 heavy (non-hydrogen) atoms. The molecule has 2 saturated heterocycles. The zero-order valence-corrected chi connectivity index (χ0v) is 17.4. The summed E-state index contributed by atoms with van der Waals surface area (Å²) in [4.78, 5) is 11.0. The molecule has 0 bridgehead atoms. The third kappa shape index (κ3) is 3.67. The largest absolute Gasteiger partial charge is 0.474 e. The lowest BCUT2D eigenvalue weighted by molar-refractivity contribution is 0.116. The number of hydrogen-bond acceptors (Lipinski definition) is 6. The number of piperazine rings is 1. The predicted octanol–water partition coefficient (Wildman–Crippen LogP) is 2.02. The van der Waals surface area contributed by atoms with Gasteiger partial charge in [0.2, 0.25) is 5.88 Å². The van der Waals surface area contributed by atoms with Crippen molar-refractivity contribution in [1.82, 2.24) is 18.6 Å². The minimum atomic E-state index is -3.32. The normalized spacial score (nSPS) is 22.1. The maximum absolute atomic E-state index is 12.8. The van der Waals surface area contributed by atoms with Gasteiger partial charge in [-0.2, -0.15) is 17.0 Å². The fourth-order valence-corrected chi connectivity index (χ4v) is 5.89. The van der Waals surface area contributed by atoms with E-state index in [1.165, 1.54) is 6.42 Å². The van der Waals surface area contributed by atoms with E-state index in [0.717, 1.165) is 42.3 Å². The lowest BCUT2D eigenvalue weighted by Gasteiger charge is -2.37. The van der Waals surface area contributed by atoms with Gasteiger partial charge in [0.05, 0.1) is 10.9 Å². The third-order valence-corrected chi connectivity index (χ3v) is 8.27. The summed E-state index contributed by atoms with van der Waals surface area (Å²) in [5.41, 5.74) is 1.93. The minimum Gasteiger partial charge on any atom is -0.474 e. The van der Waals surface area contributed by atoms with Gasteiger partial charge in [-0.1, -0.05) is 0 Å². The Kier molecular flexibility index (Phi) is 5.05. The summed E-state index contributed by atoms with van der Waals surface area (Å²) in [7, 11) is -3.32. The molecule has 5 rings (SSSR count). The van der Waals surface area contributed by atoms with Gasteiger partial charge in [0, 0.05) is 45.0 Å². The lowest BCUT2D eigenvalue weighted by atomic mass is 9.96. The highest BCUT2D eigenvalue weighted by atomic mass is 32.2. The summed E-state index contributed by atoms with van der Waals surface area (Å²) in [6, 6.07) is 6.12. The number of ether oxygens (including phenoxy) is 1. The Hall–Kier alpha value is -1.97. The van der Waals surface area contributed by atoms with E-state index in [9.17, 15) is 8.42 Å². The molecule has 3 fully saturated rings. The third-order valence-electron chi connectivity index (χ3n) is 6.23. The predicted molar refractivity (Wildman–Crippen MR) is 111 cm³/mol. The Morgan fingerprint density at radius 2 is 1.62 bits per heavy atom. The van der Waals surface area contributed by atoms with Gasteiger partial charge in [-0.3, -0.25) is 0 Å². The maximum Gasteiger partial charge on any atom is 0.282 e. The molecule has 3 aliphatic rings. The van der Waals surface area contributed by atoms with Crippen LogP contribution in [0.5, 0.6) is 5.88 Å². The minimum absolute atomic E-state index is 0.260. The molecule has 0 atom stereocenters. The molecule has 1 aromatic carbocycles. The number of rotatable bonds is 5. The highest BCUT2D eigenvalue weighted by Crippen LogP contribution is 2.31. The van der Waals surface area contributed by atoms with Gasteiger partial charge >= 0.3 is 0 Å². The summed E-state index contributed by atoms with van der Waals surface area (Å²) < 4.78 is 34.9. The first-order chi connectivity index (χ1) is 14.1. The van der Waals surface area contributed by atoms with Crippen molar-refractivity contribution in [2.75, 3.05) is 44.2 Å². The van der Waals surface area contributed by atoms with Gasteiger partial charge in [-0.15, -0.1) is 0 Å². The van der Waals surface area contributed by atoms with Gasteiger partial charge in [0.25, 0.3) is 10.2 Å². The van der Waals surface area contributed by atoms with Crippen LogP contribution in [0.15, 0.2) is 24.5 Å². The van der Waals surface area contributed by atoms with Crippen LogP contribution in [0.3, 0.4) is 0 Å². The number of anilines is 1. The first-order valence-electron chi connectivity index (χ1n) is 10.5. The van der Waals surface area contributed by atoms with Gasteiger partial charge < -0.3 is 9.64 Å². The Morgan fingerprint density at radius 3 is 2.31 bits per heavy atom. The molecule has 0 spiro atoms. The summed E-state index contributed by atoms with van der Waals surface area (Å²) >= 11 is 0. The first kappa shape index (κ1) is 19.0. The molecule has 0 amide bonds. The van der Waals surface area contributed by atoms with E-state index >= 15 is 0 Å². The maximum atomic E-state index is 12.8. The smallest absolute Gasteiger partial charge is 0.282 e. The van der Waals surface area contributed by atoms with Crippen LogP contribution in [0.2, 0.25) is 0 Å². The molecule has 2 aromatic rings. The lowest BCUT2D eigenvalue weighted by Crippen LogP contribution is -2.52. The molecule has 156 valence electrons. The fourth-order valence-electron chi connectivity index (χ4n) is 4.22. The summed E-state index contributed by atoms with van der Waals surface area (Å²) in [5, 5.41) is 0.920. The number of fused-ring (bicyclic) bond motifs is 1. The van der Waals surface area contributed by atoms with Gasteiger partial charge in [0.15, 0.2) is 0 Å². The molecular weight excluding hydrogens is 390 g/mol. The number of benzene rings is 1. The molecule has 0 N–H and O–H groups in total. The Bertz CT molecular complexity index is 981. The second-order valence-corrected chi connectivity index (χ2v) is 9.98. The van der Waals surface area contributed by atoms with Crippen LogP contribution in [0.1, 0.15) is 32.1 Å². The molecule has 3 heterocycles. The van der Waals surface area contributed by atoms with Crippen LogP contribution in [0, 0.1) is 0 Å². The Balaban J connectivity index is 1.32. The van der Waals surface area contributed by atoms with Crippen molar-refractivity contribution in [2.45, 2.75) is 38.2 Å². The second kappa shape index (κ2) is 7.70. The van der Waals surface area contributed by atoms with E-state index < -0.39 is 10.2 Å². The van der Waals surface area contributed by atoms with Gasteiger partial charge in [0.1, 0.15) is 12.4 Å². The second-order valence-electron chi connectivity index (χ2n) is 8.05. The average molecular weight is 418 g/mol. The van der Waals surface area contributed by atoms with Crippen LogP contribution in [0.4, 0.5) is 5.69 Å². The molecule has 2 aliphatic heterocycles. The van der Waals surface area contributed by atoms with E-state index in [4.69, 9.17) is 4.74 Å². The molecule has 1 saturated carbocycles. The van der Waals surface area contributed by atoms with Crippen molar-refractivity contribution in [2.24, 2.45) is 0 Å². The Labute approximate surface area is 171 Å². The fraction of sp³-hybridized carbons (Fsp3) is 0.600. The van der Waals surface area contributed by atoms with Crippen molar-refractivity contribution in [3.63, 3.8) is 0 Å². The van der Waals surface area contributed by atoms with Crippen LogP contribution in [-0.4, -0.2) is 72.4 Å². The van der Waals surface area contributed by atoms with E-state index in [0.29, 0.717) is 45.1 Å². The molecule has 1 aliphatic carbocycles. The Morgan fingerprint density at radius 1 is 0.897 bits per heavy atom. The number of aromatic nitrogens is 2. The van der Waals surface area contributed by atoms with E-state index in [1.54, 1.807) is 14.9 Å². The standard InChI is InChI=1S/C20H27N5O3S/c26-29(27,24-8-1-2-9-24)25-12-10-23(11-13-25)16-6-7-19-18(14-16)20(22-15-21-19)28-17-4-3-5-17/h6-7,14-15,17H,1-5,8-13H2. The van der Waals surface area contributed by atoms with E-state index in [-0.39, 0.29) is 6.10 Å². The molecular formula is C20H27N5O3S. The van der Waals surface area contributed by atoms with Crippen molar-refractivity contribution in [3.05, 3.63) is 24.5 Å². The zero-order valence-electron chi connectivity index (χ0n) is 16.5.